The van der Waals surface area contributed by atoms with Crippen LogP contribution in [0.4, 0.5) is 0 Å². The molecule has 1 unspecified atom stereocenters. The van der Waals surface area contributed by atoms with Crippen LogP contribution in [0.5, 0.6) is 5.75 Å². The third-order valence-corrected chi connectivity index (χ3v) is 4.32. The lowest BCUT2D eigenvalue weighted by molar-refractivity contribution is -0.130. The minimum Gasteiger partial charge on any atom is -0.484 e. The van der Waals surface area contributed by atoms with Crippen molar-refractivity contribution in [2.24, 2.45) is 10.9 Å². The summed E-state index contributed by atoms with van der Waals surface area (Å²) < 4.78 is 5.56. The van der Waals surface area contributed by atoms with Crippen molar-refractivity contribution in [3.8, 4) is 5.75 Å². The van der Waals surface area contributed by atoms with Gasteiger partial charge in [-0.05, 0) is 43.4 Å². The first-order valence-corrected chi connectivity index (χ1v) is 10.0. The van der Waals surface area contributed by atoms with E-state index in [1.54, 1.807) is 14.1 Å². The van der Waals surface area contributed by atoms with E-state index in [9.17, 15) is 9.90 Å². The fraction of sp³-hybridized carbons (Fsp3) is 0.619. The van der Waals surface area contributed by atoms with Gasteiger partial charge in [-0.3, -0.25) is 4.79 Å². The SMILES string of the molecule is CCCC(CCO)CNC(=NCc1cccc(OCC(=O)N(C)C)c1)NCC. The number of hydrogen-bond donors (Lipinski definition) is 3. The number of aliphatic hydroxyl groups is 1. The van der Waals surface area contributed by atoms with E-state index in [4.69, 9.17) is 4.74 Å². The van der Waals surface area contributed by atoms with Crippen molar-refractivity contribution in [1.29, 1.82) is 0 Å². The summed E-state index contributed by atoms with van der Waals surface area (Å²) in [5, 5.41) is 15.8. The summed E-state index contributed by atoms with van der Waals surface area (Å²) in [4.78, 5) is 17.8. The zero-order valence-electron chi connectivity index (χ0n) is 17.7. The number of aliphatic imine (C=N–C) groups is 1. The van der Waals surface area contributed by atoms with Gasteiger partial charge in [-0.25, -0.2) is 4.99 Å². The first-order chi connectivity index (χ1) is 13.5. The molecule has 1 amide bonds. The average Bonchev–Trinajstić information content (AvgIpc) is 2.68. The Morgan fingerprint density at radius 1 is 1.25 bits per heavy atom. The van der Waals surface area contributed by atoms with Gasteiger partial charge in [0.2, 0.25) is 0 Å². The van der Waals surface area contributed by atoms with Crippen LogP contribution in [0.3, 0.4) is 0 Å². The van der Waals surface area contributed by atoms with Crippen LogP contribution in [0.25, 0.3) is 0 Å². The zero-order chi connectivity index (χ0) is 20.8. The van der Waals surface area contributed by atoms with Gasteiger partial charge in [0.05, 0.1) is 6.54 Å². The molecule has 0 aromatic heterocycles. The molecule has 0 saturated carbocycles. The predicted molar refractivity (Wildman–Crippen MR) is 114 cm³/mol. The van der Waals surface area contributed by atoms with Crippen molar-refractivity contribution >= 4 is 11.9 Å². The molecule has 0 heterocycles. The Kier molecular flexibility index (Phi) is 11.7. The van der Waals surface area contributed by atoms with E-state index in [1.165, 1.54) is 4.90 Å². The van der Waals surface area contributed by atoms with Gasteiger partial charge in [0, 0.05) is 33.8 Å². The number of nitrogens with zero attached hydrogens (tertiary/aromatic N) is 2. The zero-order valence-corrected chi connectivity index (χ0v) is 17.7. The van der Waals surface area contributed by atoms with Crippen LogP contribution in [0.2, 0.25) is 0 Å². The molecule has 0 fully saturated rings. The fourth-order valence-corrected chi connectivity index (χ4v) is 2.70. The highest BCUT2D eigenvalue weighted by Crippen LogP contribution is 2.14. The number of rotatable bonds is 12. The summed E-state index contributed by atoms with van der Waals surface area (Å²) in [5.74, 6) is 1.78. The molecule has 1 aromatic carbocycles. The van der Waals surface area contributed by atoms with E-state index >= 15 is 0 Å². The Hall–Kier alpha value is -2.28. The first kappa shape index (κ1) is 23.8. The maximum Gasteiger partial charge on any atom is 0.259 e. The maximum absolute atomic E-state index is 11.7. The normalized spacial score (nSPS) is 12.4. The number of amides is 1. The lowest BCUT2D eigenvalue weighted by Crippen LogP contribution is -2.40. The van der Waals surface area contributed by atoms with Gasteiger partial charge in [-0.15, -0.1) is 0 Å². The van der Waals surface area contributed by atoms with E-state index in [1.807, 2.05) is 31.2 Å². The molecule has 0 radical (unpaired) electrons. The summed E-state index contributed by atoms with van der Waals surface area (Å²) >= 11 is 0. The minimum atomic E-state index is -0.0773. The van der Waals surface area contributed by atoms with E-state index in [-0.39, 0.29) is 19.1 Å². The molecule has 0 bridgehead atoms. The Labute approximate surface area is 169 Å². The summed E-state index contributed by atoms with van der Waals surface area (Å²) in [6, 6.07) is 7.63. The summed E-state index contributed by atoms with van der Waals surface area (Å²) in [5.41, 5.74) is 1.01. The monoisotopic (exact) mass is 392 g/mol. The number of carbonyl (C=O) groups excluding carboxylic acids is 1. The Bertz CT molecular complexity index is 599. The first-order valence-electron chi connectivity index (χ1n) is 10.0. The molecule has 1 aromatic rings. The lowest BCUT2D eigenvalue weighted by Gasteiger charge is -2.18. The van der Waals surface area contributed by atoms with Crippen LogP contribution in [0, 0.1) is 5.92 Å². The second kappa shape index (κ2) is 13.8. The average molecular weight is 393 g/mol. The fourth-order valence-electron chi connectivity index (χ4n) is 2.70. The van der Waals surface area contributed by atoms with E-state index in [0.29, 0.717) is 18.2 Å². The Balaban J connectivity index is 2.65. The van der Waals surface area contributed by atoms with Gasteiger partial charge in [0.25, 0.3) is 5.91 Å². The quantitative estimate of drug-likeness (QED) is 0.374. The number of aliphatic hydroxyl groups excluding tert-OH is 1. The van der Waals surface area contributed by atoms with Crippen molar-refractivity contribution in [1.82, 2.24) is 15.5 Å². The molecule has 0 aliphatic rings. The van der Waals surface area contributed by atoms with Crippen LogP contribution >= 0.6 is 0 Å². The summed E-state index contributed by atoms with van der Waals surface area (Å²) in [6.07, 6.45) is 2.98. The van der Waals surface area contributed by atoms with Crippen LogP contribution in [-0.4, -0.2) is 62.3 Å². The number of hydrogen-bond acceptors (Lipinski definition) is 4. The largest absolute Gasteiger partial charge is 0.484 e. The standard InChI is InChI=1S/C21H36N4O3/c1-5-8-17(11-12-26)14-23-21(22-6-2)24-15-18-9-7-10-19(13-18)28-16-20(27)25(3)4/h7,9-10,13,17,26H,5-6,8,11-12,14-16H2,1-4H3,(H2,22,23,24). The Morgan fingerprint density at radius 3 is 2.68 bits per heavy atom. The number of benzene rings is 1. The summed E-state index contributed by atoms with van der Waals surface area (Å²) in [7, 11) is 3.41. The third-order valence-electron chi connectivity index (χ3n) is 4.32. The molecule has 3 N–H and O–H groups in total. The number of guanidine groups is 1. The van der Waals surface area contributed by atoms with Crippen molar-refractivity contribution in [3.05, 3.63) is 29.8 Å². The molecular formula is C21H36N4O3. The van der Waals surface area contributed by atoms with Gasteiger partial charge >= 0.3 is 0 Å². The molecule has 1 rings (SSSR count). The third kappa shape index (κ3) is 9.60. The van der Waals surface area contributed by atoms with Gasteiger partial charge in [-0.2, -0.15) is 0 Å². The van der Waals surface area contributed by atoms with Gasteiger partial charge < -0.3 is 25.4 Å². The molecule has 0 aliphatic carbocycles. The molecule has 0 saturated heterocycles. The van der Waals surface area contributed by atoms with Crippen LogP contribution < -0.4 is 15.4 Å². The highest BCUT2D eigenvalue weighted by Gasteiger charge is 2.09. The van der Waals surface area contributed by atoms with E-state index < -0.39 is 0 Å². The van der Waals surface area contributed by atoms with Crippen molar-refractivity contribution in [3.63, 3.8) is 0 Å². The minimum absolute atomic E-state index is 0.0214. The maximum atomic E-state index is 11.7. The number of nitrogens with one attached hydrogen (secondary N) is 2. The second-order valence-corrected chi connectivity index (χ2v) is 6.97. The number of ether oxygens (including phenoxy) is 1. The molecule has 7 heteroatoms. The molecule has 28 heavy (non-hydrogen) atoms. The molecule has 1 atom stereocenters. The molecule has 7 nitrogen and oxygen atoms in total. The smallest absolute Gasteiger partial charge is 0.259 e. The molecule has 0 spiro atoms. The lowest BCUT2D eigenvalue weighted by atomic mass is 10.0. The van der Waals surface area contributed by atoms with Gasteiger partial charge in [-0.1, -0.05) is 25.5 Å². The van der Waals surface area contributed by atoms with Gasteiger partial charge in [0.15, 0.2) is 12.6 Å². The topological polar surface area (TPSA) is 86.2 Å². The predicted octanol–water partition coefficient (Wildman–Crippen LogP) is 2.01. The van der Waals surface area contributed by atoms with E-state index in [0.717, 1.165) is 43.9 Å². The van der Waals surface area contributed by atoms with Gasteiger partial charge in [0.1, 0.15) is 5.75 Å². The van der Waals surface area contributed by atoms with Crippen molar-refractivity contribution < 1.29 is 14.6 Å². The van der Waals surface area contributed by atoms with Crippen LogP contribution in [0.1, 0.15) is 38.7 Å². The van der Waals surface area contributed by atoms with Crippen LogP contribution in [0.15, 0.2) is 29.3 Å². The molecule has 158 valence electrons. The second-order valence-electron chi connectivity index (χ2n) is 6.97. The highest BCUT2D eigenvalue weighted by atomic mass is 16.5. The van der Waals surface area contributed by atoms with Crippen molar-refractivity contribution in [2.75, 3.05) is 40.4 Å². The molecular weight excluding hydrogens is 356 g/mol. The molecule has 0 aliphatic heterocycles. The Morgan fingerprint density at radius 2 is 2.04 bits per heavy atom. The van der Waals surface area contributed by atoms with Crippen molar-refractivity contribution in [2.45, 2.75) is 39.7 Å². The highest BCUT2D eigenvalue weighted by molar-refractivity contribution is 5.79. The van der Waals surface area contributed by atoms with Crippen LogP contribution in [-0.2, 0) is 11.3 Å². The summed E-state index contributed by atoms with van der Waals surface area (Å²) in [6.45, 7) is 6.49. The number of likely N-dealkylation sites (N-methyl/N-ethyl adjacent to an activating group) is 1. The van der Waals surface area contributed by atoms with E-state index in [2.05, 4.69) is 22.5 Å². The number of carbonyl (C=O) groups is 1.